The number of likely N-dealkylation sites (N-methyl/N-ethyl adjacent to an activating group) is 1. The van der Waals surface area contributed by atoms with Gasteiger partial charge in [0.1, 0.15) is 12.6 Å². The summed E-state index contributed by atoms with van der Waals surface area (Å²) in [4.78, 5) is 2.55. The summed E-state index contributed by atoms with van der Waals surface area (Å²) in [5.74, 6) is 0. The average molecular weight is 331 g/mol. The van der Waals surface area contributed by atoms with Gasteiger partial charge in [-0.1, -0.05) is 6.07 Å². The van der Waals surface area contributed by atoms with Crippen LogP contribution in [0.2, 0.25) is 0 Å². The smallest absolute Gasteiger partial charge is 0.119 e. The maximum atomic E-state index is 6.04. The zero-order chi connectivity index (χ0) is 17.2. The molecule has 0 bridgehead atoms. The van der Waals surface area contributed by atoms with E-state index in [2.05, 4.69) is 48.9 Å². The Hall–Kier alpha value is -1.56. The fourth-order valence-electron chi connectivity index (χ4n) is 3.61. The molecule has 1 unspecified atom stereocenters. The molecule has 0 aliphatic carbocycles. The van der Waals surface area contributed by atoms with Crippen LogP contribution in [0.1, 0.15) is 6.42 Å². The van der Waals surface area contributed by atoms with Gasteiger partial charge in [-0.25, -0.2) is 0 Å². The lowest BCUT2D eigenvalue weighted by Gasteiger charge is -2.36. The number of benzene rings is 1. The lowest BCUT2D eigenvalue weighted by Crippen LogP contribution is -2.51. The molecule has 1 fully saturated rings. The Bertz CT molecular complexity index is 674. The molecule has 0 amide bonds. The van der Waals surface area contributed by atoms with E-state index < -0.39 is 0 Å². The van der Waals surface area contributed by atoms with Crippen LogP contribution in [0.15, 0.2) is 30.5 Å². The number of morpholine rings is 1. The summed E-state index contributed by atoms with van der Waals surface area (Å²) in [5.41, 5.74) is 8.14. The molecule has 2 N–H and O–H groups in total. The Morgan fingerprint density at radius 1 is 1.21 bits per heavy atom. The van der Waals surface area contributed by atoms with Crippen LogP contribution in [0.5, 0.6) is 0 Å². The zero-order valence-electron chi connectivity index (χ0n) is 15.2. The van der Waals surface area contributed by atoms with Crippen LogP contribution >= 0.6 is 0 Å². The first-order chi connectivity index (χ1) is 11.4. The molecular formula is C19H31N4O+. The molecule has 0 radical (unpaired) electrons. The van der Waals surface area contributed by atoms with Crippen LogP contribution < -0.4 is 5.73 Å². The molecule has 3 rings (SSSR count). The van der Waals surface area contributed by atoms with E-state index in [0.717, 1.165) is 61.3 Å². The number of ether oxygens (including phenoxy) is 1. The molecule has 5 heteroatoms. The molecule has 1 atom stereocenters. The molecule has 1 aromatic carbocycles. The van der Waals surface area contributed by atoms with Crippen molar-refractivity contribution >= 4 is 16.6 Å². The van der Waals surface area contributed by atoms with Crippen LogP contribution in [0.4, 0.5) is 5.69 Å². The number of hydrogen-bond donors (Lipinski definition) is 1. The minimum atomic E-state index is 0.353. The molecule has 5 nitrogen and oxygen atoms in total. The van der Waals surface area contributed by atoms with Crippen molar-refractivity contribution in [3.63, 3.8) is 0 Å². The number of fused-ring (bicyclic) bond motifs is 1. The Morgan fingerprint density at radius 2 is 2.04 bits per heavy atom. The predicted octanol–water partition coefficient (Wildman–Crippen LogP) is 2.02. The molecule has 132 valence electrons. The first-order valence-electron chi connectivity index (χ1n) is 8.90. The number of aryl methyl sites for hydroxylation is 1. The molecule has 2 aromatic rings. The highest BCUT2D eigenvalue weighted by Crippen LogP contribution is 2.22. The number of anilines is 1. The number of rotatable bonds is 6. The lowest BCUT2D eigenvalue weighted by molar-refractivity contribution is -0.873. The summed E-state index contributed by atoms with van der Waals surface area (Å²) in [5, 5.41) is 1.16. The summed E-state index contributed by atoms with van der Waals surface area (Å²) in [6, 6.07) is 8.27. The third-order valence-corrected chi connectivity index (χ3v) is 4.70. The van der Waals surface area contributed by atoms with E-state index in [9.17, 15) is 0 Å². The van der Waals surface area contributed by atoms with Gasteiger partial charge in [-0.3, -0.25) is 4.90 Å². The van der Waals surface area contributed by atoms with Crippen molar-refractivity contribution in [3.05, 3.63) is 30.5 Å². The number of nitrogen functional groups attached to an aromatic ring is 1. The normalized spacial score (nSPS) is 19.9. The largest absolute Gasteiger partial charge is 0.398 e. The Labute approximate surface area is 145 Å². The molecule has 1 aromatic heterocycles. The van der Waals surface area contributed by atoms with Gasteiger partial charge in [-0.15, -0.1) is 0 Å². The minimum Gasteiger partial charge on any atom is -0.398 e. The van der Waals surface area contributed by atoms with Gasteiger partial charge in [0.05, 0.1) is 33.3 Å². The lowest BCUT2D eigenvalue weighted by atomic mass is 10.2. The van der Waals surface area contributed by atoms with Gasteiger partial charge in [0.25, 0.3) is 0 Å². The van der Waals surface area contributed by atoms with Crippen molar-refractivity contribution in [3.8, 4) is 0 Å². The van der Waals surface area contributed by atoms with E-state index in [1.165, 1.54) is 5.52 Å². The number of aromatic nitrogens is 1. The van der Waals surface area contributed by atoms with Crippen LogP contribution in [0, 0.1) is 0 Å². The van der Waals surface area contributed by atoms with Crippen molar-refractivity contribution in [1.82, 2.24) is 9.47 Å². The van der Waals surface area contributed by atoms with Crippen molar-refractivity contribution in [2.45, 2.75) is 19.1 Å². The van der Waals surface area contributed by atoms with E-state index in [1.807, 2.05) is 12.1 Å². The molecule has 1 aliphatic rings. The van der Waals surface area contributed by atoms with Crippen LogP contribution in [-0.4, -0.2) is 74.0 Å². The zero-order valence-corrected chi connectivity index (χ0v) is 15.2. The van der Waals surface area contributed by atoms with Gasteiger partial charge in [0, 0.05) is 43.4 Å². The van der Waals surface area contributed by atoms with Gasteiger partial charge in [-0.2, -0.15) is 0 Å². The Balaban J connectivity index is 1.51. The highest BCUT2D eigenvalue weighted by Gasteiger charge is 2.25. The molecule has 0 spiro atoms. The third-order valence-electron chi connectivity index (χ3n) is 4.70. The Kier molecular flexibility index (Phi) is 5.13. The Morgan fingerprint density at radius 3 is 2.83 bits per heavy atom. The maximum absolute atomic E-state index is 6.04. The van der Waals surface area contributed by atoms with Crippen LogP contribution in [-0.2, 0) is 11.3 Å². The van der Waals surface area contributed by atoms with Crippen LogP contribution in [0.3, 0.4) is 0 Å². The van der Waals surface area contributed by atoms with Gasteiger partial charge in [-0.05, 0) is 24.6 Å². The summed E-state index contributed by atoms with van der Waals surface area (Å²) < 4.78 is 9.20. The van der Waals surface area contributed by atoms with Crippen LogP contribution in [0.25, 0.3) is 10.9 Å². The maximum Gasteiger partial charge on any atom is 0.119 e. The SMILES string of the molecule is C[N+](C)(C)CC1CN(CCCn2ccc3c(N)cccc32)CCO1. The summed E-state index contributed by atoms with van der Waals surface area (Å²) >= 11 is 0. The van der Waals surface area contributed by atoms with Gasteiger partial charge < -0.3 is 19.5 Å². The van der Waals surface area contributed by atoms with Gasteiger partial charge >= 0.3 is 0 Å². The van der Waals surface area contributed by atoms with Crippen molar-refractivity contribution in [1.29, 1.82) is 0 Å². The molecule has 1 saturated heterocycles. The topological polar surface area (TPSA) is 43.4 Å². The predicted molar refractivity (Wildman–Crippen MR) is 100 cm³/mol. The van der Waals surface area contributed by atoms with E-state index in [-0.39, 0.29) is 0 Å². The monoisotopic (exact) mass is 331 g/mol. The highest BCUT2D eigenvalue weighted by molar-refractivity contribution is 5.91. The fraction of sp³-hybridized carbons (Fsp3) is 0.579. The number of nitrogens with two attached hydrogens (primary N) is 1. The molecule has 0 saturated carbocycles. The third kappa shape index (κ3) is 4.29. The number of hydrogen-bond acceptors (Lipinski definition) is 3. The summed E-state index contributed by atoms with van der Waals surface area (Å²) in [6.07, 6.45) is 3.65. The number of nitrogens with zero attached hydrogens (tertiary/aromatic N) is 3. The van der Waals surface area contributed by atoms with Crippen molar-refractivity contribution < 1.29 is 9.22 Å². The fourth-order valence-corrected chi connectivity index (χ4v) is 3.61. The molecule has 24 heavy (non-hydrogen) atoms. The first kappa shape index (κ1) is 17.3. The summed E-state index contributed by atoms with van der Waals surface area (Å²) in [7, 11) is 6.68. The average Bonchev–Trinajstić information content (AvgIpc) is 2.91. The van der Waals surface area contributed by atoms with Gasteiger partial charge in [0.2, 0.25) is 0 Å². The van der Waals surface area contributed by atoms with E-state index in [1.54, 1.807) is 0 Å². The first-order valence-corrected chi connectivity index (χ1v) is 8.90. The van der Waals surface area contributed by atoms with Crippen molar-refractivity contribution in [2.75, 3.05) is 59.7 Å². The quantitative estimate of drug-likeness (QED) is 0.650. The van der Waals surface area contributed by atoms with Crippen molar-refractivity contribution in [2.24, 2.45) is 0 Å². The highest BCUT2D eigenvalue weighted by atomic mass is 16.5. The number of quaternary nitrogens is 1. The standard InChI is InChI=1S/C19H31N4O/c1-23(2,3)15-16-14-21(12-13-24-16)9-5-10-22-11-8-17-18(20)6-4-7-19(17)22/h4,6-8,11,16H,5,9-10,12-15,20H2,1-3H3/q+1. The van der Waals surface area contributed by atoms with Gasteiger partial charge in [0.15, 0.2) is 0 Å². The van der Waals surface area contributed by atoms with E-state index >= 15 is 0 Å². The second-order valence-corrected chi connectivity index (χ2v) is 7.91. The van der Waals surface area contributed by atoms with E-state index in [4.69, 9.17) is 10.5 Å². The molecule has 2 heterocycles. The molecular weight excluding hydrogens is 300 g/mol. The second kappa shape index (κ2) is 7.13. The van der Waals surface area contributed by atoms with E-state index in [0.29, 0.717) is 6.10 Å². The minimum absolute atomic E-state index is 0.353. The molecule has 1 aliphatic heterocycles. The summed E-state index contributed by atoms with van der Waals surface area (Å²) in [6.45, 7) is 6.18. The second-order valence-electron chi connectivity index (χ2n) is 7.91.